The minimum absolute atomic E-state index is 0.0128. The molecule has 0 spiro atoms. The van der Waals surface area contributed by atoms with Gasteiger partial charge in [-0.3, -0.25) is 19.6 Å². The lowest BCUT2D eigenvalue weighted by molar-refractivity contribution is -0.384. The van der Waals surface area contributed by atoms with E-state index in [0.717, 1.165) is 0 Å². The number of non-ortho nitro benzene ring substituents is 1. The molecule has 0 aliphatic carbocycles. The largest absolute Gasteiger partial charge is 0.455 e. The summed E-state index contributed by atoms with van der Waals surface area (Å²) in [5.41, 5.74) is 3.59. The van der Waals surface area contributed by atoms with Crippen molar-refractivity contribution >= 4 is 17.8 Å². The number of benzene rings is 2. The molecule has 4 rings (SSSR count). The van der Waals surface area contributed by atoms with Crippen LogP contribution in [0, 0.1) is 15.9 Å². The van der Waals surface area contributed by atoms with E-state index >= 15 is 0 Å². The van der Waals surface area contributed by atoms with Crippen molar-refractivity contribution in [3.63, 3.8) is 0 Å². The van der Waals surface area contributed by atoms with Crippen LogP contribution < -0.4 is 5.43 Å². The number of nitro benzene ring substituents is 1. The summed E-state index contributed by atoms with van der Waals surface area (Å²) in [6.07, 6.45) is 2.90. The molecule has 0 fully saturated rings. The first kappa shape index (κ1) is 20.7. The third kappa shape index (κ3) is 4.75. The third-order valence-electron chi connectivity index (χ3n) is 4.51. The van der Waals surface area contributed by atoms with Crippen LogP contribution >= 0.6 is 0 Å². The Kier molecular flexibility index (Phi) is 5.84. The summed E-state index contributed by atoms with van der Waals surface area (Å²) in [6.45, 7) is 0.195. The zero-order valence-corrected chi connectivity index (χ0v) is 16.5. The van der Waals surface area contributed by atoms with E-state index < -0.39 is 10.8 Å². The molecule has 0 atom stereocenters. The number of nitrogens with one attached hydrogen (secondary N) is 1. The Morgan fingerprint density at radius 2 is 1.94 bits per heavy atom. The summed E-state index contributed by atoms with van der Waals surface area (Å²) in [5.74, 6) is 0.00382. The predicted octanol–water partition coefficient (Wildman–Crippen LogP) is 4.00. The van der Waals surface area contributed by atoms with Crippen LogP contribution in [0.1, 0.15) is 21.8 Å². The van der Waals surface area contributed by atoms with Crippen molar-refractivity contribution in [2.45, 2.75) is 6.54 Å². The fourth-order valence-electron chi connectivity index (χ4n) is 2.91. The molecule has 0 bridgehead atoms. The van der Waals surface area contributed by atoms with E-state index in [4.69, 9.17) is 4.42 Å². The average molecular weight is 433 g/mol. The zero-order valence-electron chi connectivity index (χ0n) is 16.5. The van der Waals surface area contributed by atoms with Crippen molar-refractivity contribution in [1.29, 1.82) is 0 Å². The van der Waals surface area contributed by atoms with Crippen LogP contribution in [0.15, 0.2) is 82.4 Å². The maximum absolute atomic E-state index is 13.8. The summed E-state index contributed by atoms with van der Waals surface area (Å²) in [6, 6.07) is 17.1. The Bertz CT molecular complexity index is 1290. The summed E-state index contributed by atoms with van der Waals surface area (Å²) in [5, 5.41) is 18.7. The molecule has 0 saturated heterocycles. The fourth-order valence-corrected chi connectivity index (χ4v) is 2.91. The molecule has 2 aromatic heterocycles. The Balaban J connectivity index is 1.35. The van der Waals surface area contributed by atoms with Crippen molar-refractivity contribution in [2.24, 2.45) is 5.10 Å². The van der Waals surface area contributed by atoms with Crippen LogP contribution in [-0.4, -0.2) is 26.8 Å². The van der Waals surface area contributed by atoms with Crippen molar-refractivity contribution < 1.29 is 18.5 Å². The van der Waals surface area contributed by atoms with Crippen LogP contribution in [-0.2, 0) is 6.54 Å². The summed E-state index contributed by atoms with van der Waals surface area (Å²) < 4.78 is 20.8. The van der Waals surface area contributed by atoms with E-state index in [-0.39, 0.29) is 23.7 Å². The smallest absolute Gasteiger partial charge is 0.291 e. The highest BCUT2D eigenvalue weighted by Crippen LogP contribution is 2.24. The van der Waals surface area contributed by atoms with Crippen molar-refractivity contribution in [2.75, 3.05) is 0 Å². The second-order valence-corrected chi connectivity index (χ2v) is 6.70. The van der Waals surface area contributed by atoms with Gasteiger partial charge in [0.1, 0.15) is 17.3 Å². The Morgan fingerprint density at radius 3 is 2.69 bits per heavy atom. The lowest BCUT2D eigenvalue weighted by Crippen LogP contribution is -2.18. The van der Waals surface area contributed by atoms with Gasteiger partial charge < -0.3 is 4.42 Å². The predicted molar refractivity (Wildman–Crippen MR) is 114 cm³/mol. The molecule has 9 nitrogen and oxygen atoms in total. The monoisotopic (exact) mass is 433 g/mol. The lowest BCUT2D eigenvalue weighted by Gasteiger charge is -2.03. The Labute approximate surface area is 180 Å². The van der Waals surface area contributed by atoms with Crippen molar-refractivity contribution in [3.05, 3.63) is 106 Å². The number of carbonyl (C=O) groups is 1. The number of nitrogens with zero attached hydrogens (tertiary/aromatic N) is 4. The third-order valence-corrected chi connectivity index (χ3v) is 4.51. The molecule has 0 unspecified atom stereocenters. The molecule has 4 aromatic rings. The van der Waals surface area contributed by atoms with E-state index in [1.165, 1.54) is 35.2 Å². The lowest BCUT2D eigenvalue weighted by atomic mass is 10.1. The van der Waals surface area contributed by atoms with Gasteiger partial charge in [0.15, 0.2) is 5.69 Å². The molecular weight excluding hydrogens is 417 g/mol. The highest BCUT2D eigenvalue weighted by atomic mass is 19.1. The fraction of sp³-hybridized carbons (Fsp3) is 0.0455. The van der Waals surface area contributed by atoms with Gasteiger partial charge in [0.2, 0.25) is 0 Å². The standard InChI is InChI=1S/C22H16FN5O4/c23-19-4-2-1-3-16(19)14-27-12-11-20(26-27)22(29)25-24-13-18-9-10-21(32-18)15-5-7-17(8-6-15)28(30)31/h1-13H,14H2,(H,25,29). The molecular formula is C22H16FN5O4. The number of aromatic nitrogens is 2. The molecule has 2 heterocycles. The number of hydrogen-bond donors (Lipinski definition) is 1. The van der Waals surface area contributed by atoms with Crippen molar-refractivity contribution in [3.8, 4) is 11.3 Å². The minimum atomic E-state index is -0.532. The van der Waals surface area contributed by atoms with Gasteiger partial charge in [0.05, 0.1) is 17.7 Å². The van der Waals surface area contributed by atoms with Crippen LogP contribution in [0.2, 0.25) is 0 Å². The SMILES string of the molecule is O=C(NN=Cc1ccc(-c2ccc([N+](=O)[O-])cc2)o1)c1ccn(Cc2ccccc2F)n1. The van der Waals surface area contributed by atoms with E-state index in [1.807, 2.05) is 0 Å². The minimum Gasteiger partial charge on any atom is -0.455 e. The maximum Gasteiger partial charge on any atom is 0.291 e. The van der Waals surface area contributed by atoms with Crippen LogP contribution in [0.3, 0.4) is 0 Å². The number of furan rings is 1. The highest BCUT2D eigenvalue weighted by molar-refractivity contribution is 5.92. The number of nitro groups is 1. The average Bonchev–Trinajstić information content (AvgIpc) is 3.45. The molecule has 0 saturated carbocycles. The highest BCUT2D eigenvalue weighted by Gasteiger charge is 2.11. The number of hydrogen-bond acceptors (Lipinski definition) is 6. The van der Waals surface area contributed by atoms with E-state index in [1.54, 1.807) is 48.7 Å². The van der Waals surface area contributed by atoms with Gasteiger partial charge in [-0.15, -0.1) is 0 Å². The van der Waals surface area contributed by atoms with Crippen LogP contribution in [0.5, 0.6) is 0 Å². The molecule has 32 heavy (non-hydrogen) atoms. The number of hydrazone groups is 1. The molecule has 160 valence electrons. The normalized spacial score (nSPS) is 11.0. The van der Waals surface area contributed by atoms with Gasteiger partial charge in [-0.25, -0.2) is 9.82 Å². The maximum atomic E-state index is 13.8. The Hall–Kier alpha value is -4.60. The second kappa shape index (κ2) is 9.04. The molecule has 1 amide bonds. The van der Waals surface area contributed by atoms with Gasteiger partial charge in [-0.2, -0.15) is 10.2 Å². The van der Waals surface area contributed by atoms with Crippen LogP contribution in [0.4, 0.5) is 10.1 Å². The van der Waals surface area contributed by atoms with E-state index in [2.05, 4.69) is 15.6 Å². The van der Waals surface area contributed by atoms with Gasteiger partial charge in [-0.05, 0) is 36.4 Å². The summed E-state index contributed by atoms with van der Waals surface area (Å²) >= 11 is 0. The molecule has 1 N–H and O–H groups in total. The second-order valence-electron chi connectivity index (χ2n) is 6.70. The van der Waals surface area contributed by atoms with E-state index in [9.17, 15) is 19.3 Å². The van der Waals surface area contributed by atoms with Crippen molar-refractivity contribution in [1.82, 2.24) is 15.2 Å². The number of carbonyl (C=O) groups excluding carboxylic acids is 1. The molecule has 2 aromatic carbocycles. The van der Waals surface area contributed by atoms with E-state index in [0.29, 0.717) is 22.6 Å². The quantitative estimate of drug-likeness (QED) is 0.269. The first-order valence-electron chi connectivity index (χ1n) is 9.44. The number of amides is 1. The first-order valence-corrected chi connectivity index (χ1v) is 9.44. The van der Waals surface area contributed by atoms with Gasteiger partial charge in [0, 0.05) is 29.5 Å². The molecule has 0 aliphatic rings. The van der Waals surface area contributed by atoms with Crippen LogP contribution in [0.25, 0.3) is 11.3 Å². The molecule has 0 radical (unpaired) electrons. The summed E-state index contributed by atoms with van der Waals surface area (Å²) in [4.78, 5) is 22.5. The van der Waals surface area contributed by atoms with Gasteiger partial charge in [-0.1, -0.05) is 18.2 Å². The number of rotatable bonds is 7. The molecule has 0 aliphatic heterocycles. The zero-order chi connectivity index (χ0) is 22.5. The topological polar surface area (TPSA) is 116 Å². The van der Waals surface area contributed by atoms with Gasteiger partial charge in [0.25, 0.3) is 11.6 Å². The first-order chi connectivity index (χ1) is 15.5. The summed E-state index contributed by atoms with van der Waals surface area (Å²) in [7, 11) is 0. The number of halogens is 1. The molecule has 10 heteroatoms. The van der Waals surface area contributed by atoms with Gasteiger partial charge >= 0.3 is 0 Å². The Morgan fingerprint density at radius 1 is 1.16 bits per heavy atom.